The minimum atomic E-state index is -5.09. The number of fused-ring (bicyclic) bond motifs is 1. The Labute approximate surface area is 334 Å². The molecule has 0 saturated carbocycles. The summed E-state index contributed by atoms with van der Waals surface area (Å²) in [6, 6.07) is 15.2. The van der Waals surface area contributed by atoms with Crippen molar-refractivity contribution in [1.82, 2.24) is 4.31 Å². The van der Waals surface area contributed by atoms with Crippen molar-refractivity contribution in [3.63, 3.8) is 0 Å². The summed E-state index contributed by atoms with van der Waals surface area (Å²) in [6.45, 7) is 4.20. The largest absolute Gasteiger partial charge is 1.00 e. The Hall–Kier alpha value is -3.02. The molecule has 0 amide bonds. The van der Waals surface area contributed by atoms with Gasteiger partial charge < -0.3 is 24.9 Å². The molecule has 50 heavy (non-hydrogen) atoms. The van der Waals surface area contributed by atoms with E-state index >= 15 is 0 Å². The summed E-state index contributed by atoms with van der Waals surface area (Å²) < 4.78 is 99.0. The van der Waals surface area contributed by atoms with Gasteiger partial charge in [-0.2, -0.15) is 27.6 Å². The first-order chi connectivity index (χ1) is 22.6. The van der Waals surface area contributed by atoms with Crippen LogP contribution in [0.4, 0.5) is 28.4 Å². The minimum Gasteiger partial charge on any atom is -0.744 e. The average Bonchev–Trinajstić information content (AvgIpc) is 3.03. The monoisotopic (exact) mass is 766 g/mol. The number of anilines is 1. The van der Waals surface area contributed by atoms with Gasteiger partial charge in [0.15, 0.2) is 0 Å². The van der Waals surface area contributed by atoms with Crippen molar-refractivity contribution in [1.29, 1.82) is 0 Å². The van der Waals surface area contributed by atoms with Gasteiger partial charge in [0.1, 0.15) is 44.4 Å². The van der Waals surface area contributed by atoms with Crippen LogP contribution in [0.3, 0.4) is 0 Å². The topological polar surface area (TPSA) is 260 Å². The first kappa shape index (κ1) is 45.0. The summed E-state index contributed by atoms with van der Waals surface area (Å²) in [5.41, 5.74) is 6.03. The smallest absolute Gasteiger partial charge is 0.744 e. The van der Waals surface area contributed by atoms with Crippen LogP contribution in [0.25, 0.3) is 10.8 Å². The van der Waals surface area contributed by atoms with Crippen LogP contribution in [-0.2, 0) is 30.8 Å². The minimum absolute atomic E-state index is 0. The molecule has 0 aliphatic carbocycles. The number of ether oxygens (including phenoxy) is 2. The Kier molecular flexibility index (Phi) is 17.6. The molecule has 0 aliphatic heterocycles. The van der Waals surface area contributed by atoms with Crippen LogP contribution in [0.1, 0.15) is 13.8 Å². The number of phenols is 1. The fraction of sp³-hybridized carbons (Fsp3) is 0.214. The molecule has 0 atom stereocenters. The molecule has 0 unspecified atom stereocenters. The van der Waals surface area contributed by atoms with E-state index in [1.54, 1.807) is 13.8 Å². The quantitative estimate of drug-likeness (QED) is 0.0595. The van der Waals surface area contributed by atoms with Gasteiger partial charge in [0.2, 0.25) is 10.0 Å². The molecule has 0 fully saturated rings. The van der Waals surface area contributed by atoms with Gasteiger partial charge in [0, 0.05) is 25.2 Å². The van der Waals surface area contributed by atoms with E-state index < -0.39 is 47.1 Å². The average molecular weight is 767 g/mol. The van der Waals surface area contributed by atoms with Crippen LogP contribution in [0.15, 0.2) is 84.8 Å². The number of aromatic hydroxyl groups is 1. The van der Waals surface area contributed by atoms with Crippen molar-refractivity contribution in [3.8, 4) is 17.2 Å². The number of sulfonamides is 1. The summed E-state index contributed by atoms with van der Waals surface area (Å²) in [7, 11) is -9.12. The molecule has 4 aromatic carbocycles. The van der Waals surface area contributed by atoms with Gasteiger partial charge in [-0.3, -0.25) is 0 Å². The van der Waals surface area contributed by atoms with Crippen molar-refractivity contribution < 1.29 is 108 Å². The third-order valence-corrected chi connectivity index (χ3v) is 9.41. The Bertz CT molecular complexity index is 2210. The number of benzene rings is 4. The molecule has 17 nitrogen and oxygen atoms in total. The summed E-state index contributed by atoms with van der Waals surface area (Å²) in [4.78, 5) is -0.682. The second-order valence-electron chi connectivity index (χ2n) is 9.28. The summed E-state index contributed by atoms with van der Waals surface area (Å²) in [5.74, 6) is -0.368. The molecular formula is C28H28N6Na2O11S3. The maximum atomic E-state index is 12.7. The van der Waals surface area contributed by atoms with Gasteiger partial charge in [0.25, 0.3) is 0 Å². The first-order valence-electron chi connectivity index (χ1n) is 13.5. The second kappa shape index (κ2) is 19.6. The Morgan fingerprint density at radius 1 is 0.860 bits per heavy atom. The van der Waals surface area contributed by atoms with E-state index in [4.69, 9.17) is 27.8 Å². The molecule has 256 valence electrons. The molecule has 0 bridgehead atoms. The van der Waals surface area contributed by atoms with Gasteiger partial charge in [-0.25, -0.2) is 16.8 Å². The summed E-state index contributed by atoms with van der Waals surface area (Å²) in [6.07, 6.45) is 0. The third-order valence-electron chi connectivity index (χ3n) is 6.50. The van der Waals surface area contributed by atoms with Gasteiger partial charge in [-0.05, 0) is 24.3 Å². The van der Waals surface area contributed by atoms with Crippen molar-refractivity contribution in [2.24, 2.45) is 20.5 Å². The fourth-order valence-electron chi connectivity index (χ4n) is 4.29. The van der Waals surface area contributed by atoms with Gasteiger partial charge in [-0.1, -0.05) is 31.0 Å². The van der Waals surface area contributed by atoms with Gasteiger partial charge >= 0.3 is 69.7 Å². The number of nitrogens with zero attached hydrogens (tertiary/aromatic N) is 5. The van der Waals surface area contributed by atoms with Crippen LogP contribution < -0.4 is 74.3 Å². The van der Waals surface area contributed by atoms with Gasteiger partial charge in [0.05, 0.1) is 29.7 Å². The fourth-order valence-corrected chi connectivity index (χ4v) is 6.39. The number of rotatable bonds is 11. The maximum absolute atomic E-state index is 12.7. The van der Waals surface area contributed by atoms with Crippen LogP contribution in [0, 0.1) is 6.07 Å². The first-order valence-corrected chi connectivity index (χ1v) is 17.3. The Morgan fingerprint density at radius 2 is 1.36 bits per heavy atom. The number of methoxy groups -OCH3 is 2. The Morgan fingerprint density at radius 3 is 1.82 bits per heavy atom. The number of azo groups is 2. The molecule has 0 spiro atoms. The summed E-state index contributed by atoms with van der Waals surface area (Å²) >= 11 is 0. The van der Waals surface area contributed by atoms with Gasteiger partial charge in [-0.15, -0.1) is 33.4 Å². The molecule has 22 heteroatoms. The number of phenolic OH excluding ortho intramolecular Hbond substituents is 1. The van der Waals surface area contributed by atoms with Crippen molar-refractivity contribution in [2.45, 2.75) is 23.6 Å². The van der Waals surface area contributed by atoms with E-state index in [2.05, 4.69) is 26.5 Å². The van der Waals surface area contributed by atoms with E-state index in [9.17, 15) is 26.5 Å². The number of nitrogens with two attached hydrogens (primary N) is 1. The molecule has 0 aromatic heterocycles. The number of hydrogen-bond acceptors (Lipinski definition) is 16. The molecule has 0 aliphatic rings. The molecule has 0 radical (unpaired) electrons. The summed E-state index contributed by atoms with van der Waals surface area (Å²) in [5, 5.41) is 27.3. The van der Waals surface area contributed by atoms with Crippen molar-refractivity contribution in [3.05, 3.63) is 60.7 Å². The molecule has 3 N–H and O–H groups in total. The van der Waals surface area contributed by atoms with E-state index in [1.807, 2.05) is 0 Å². The van der Waals surface area contributed by atoms with E-state index in [0.717, 1.165) is 6.07 Å². The zero-order chi connectivity index (χ0) is 35.8. The predicted octanol–water partition coefficient (Wildman–Crippen LogP) is -1.29. The predicted molar refractivity (Wildman–Crippen MR) is 171 cm³/mol. The van der Waals surface area contributed by atoms with Crippen LogP contribution >= 0.6 is 0 Å². The standard InChI is InChI=1S/C28H29N6O8S2.2Na.O3S/c1-5-34(6-2)43(36,37)19-12-10-18(11-13-19)30-31-21-15-24(42-4)22(16-23(21)41-3)32-33-27-25(44(38,39)40)14-17-8-7-9-20(29)26(17)28(27)35;;;1-4(2)3/h8-16,35H,5-6,29H2,1-4H3,(H,38,39,40);;;/q-1;2*+1;/p-1. The van der Waals surface area contributed by atoms with E-state index in [0.29, 0.717) is 18.8 Å². The maximum Gasteiger partial charge on any atom is 1.00 e. The van der Waals surface area contributed by atoms with Crippen LogP contribution in [-0.4, -0.2) is 70.7 Å². The van der Waals surface area contributed by atoms with E-state index in [1.165, 1.54) is 67.1 Å². The number of hydrogen-bond donors (Lipinski definition) is 2. The molecule has 4 rings (SSSR count). The number of nitrogen functional groups attached to an aromatic ring is 1. The SMILES string of the molecule is CCN(CC)S(=O)(=O)c1ccc(N=Nc2cc(OC)c(N=Nc3c(S(=O)(=O)[O-])cc4c[c-]cc(N)c4c3O)cc2OC)cc1.O=S(=O)=O.[Na+].[Na+]. The van der Waals surface area contributed by atoms with Crippen molar-refractivity contribution in [2.75, 3.05) is 33.0 Å². The molecular weight excluding hydrogens is 739 g/mol. The zero-order valence-corrected chi connectivity index (χ0v) is 34.1. The normalized spacial score (nSPS) is 11.5. The van der Waals surface area contributed by atoms with Crippen LogP contribution in [0.5, 0.6) is 17.2 Å². The van der Waals surface area contributed by atoms with Crippen LogP contribution in [0.2, 0.25) is 0 Å². The third kappa shape index (κ3) is 11.0. The van der Waals surface area contributed by atoms with Crippen molar-refractivity contribution >= 4 is 70.0 Å². The molecule has 0 heterocycles. The van der Waals surface area contributed by atoms with E-state index in [-0.39, 0.29) is 103 Å². The Balaban J connectivity index is 0.00000197. The second-order valence-corrected chi connectivity index (χ2v) is 13.0. The molecule has 4 aromatic rings. The zero-order valence-electron chi connectivity index (χ0n) is 27.7. The molecule has 0 saturated heterocycles.